The van der Waals surface area contributed by atoms with Gasteiger partial charge in [-0.2, -0.15) is 11.8 Å². The summed E-state index contributed by atoms with van der Waals surface area (Å²) in [6.07, 6.45) is 7.35. The van der Waals surface area contributed by atoms with Gasteiger partial charge in [0.2, 0.25) is 0 Å². The van der Waals surface area contributed by atoms with Gasteiger partial charge in [-0.05, 0) is 31.9 Å². The van der Waals surface area contributed by atoms with Gasteiger partial charge < -0.3 is 0 Å². The molecule has 1 aromatic rings. The van der Waals surface area contributed by atoms with Gasteiger partial charge >= 0.3 is 0 Å². The summed E-state index contributed by atoms with van der Waals surface area (Å²) in [5, 5.41) is 0.670. The Morgan fingerprint density at radius 2 is 2.11 bits per heavy atom. The Morgan fingerprint density at radius 1 is 1.44 bits per heavy atom. The summed E-state index contributed by atoms with van der Waals surface area (Å²) in [5.74, 6) is 0. The molecule has 18 heavy (non-hydrogen) atoms. The average molecular weight is 327 g/mol. The summed E-state index contributed by atoms with van der Waals surface area (Å²) >= 11 is 8.51. The SMILES string of the molecule is CSC1CCC(NS(=O)(=O)c2cnc(Cl)s2)CC1. The molecule has 0 atom stereocenters. The van der Waals surface area contributed by atoms with E-state index >= 15 is 0 Å². The third kappa shape index (κ3) is 3.60. The Hall–Kier alpha value is 0.180. The smallest absolute Gasteiger partial charge is 0.232 e. The maximum Gasteiger partial charge on any atom is 0.251 e. The monoisotopic (exact) mass is 326 g/mol. The molecule has 1 fully saturated rings. The molecule has 8 heteroatoms. The van der Waals surface area contributed by atoms with Crippen molar-refractivity contribution < 1.29 is 8.42 Å². The van der Waals surface area contributed by atoms with Crippen LogP contribution in [0.2, 0.25) is 4.47 Å². The van der Waals surface area contributed by atoms with Crippen LogP contribution >= 0.6 is 34.7 Å². The molecule has 0 unspecified atom stereocenters. The van der Waals surface area contributed by atoms with Crippen LogP contribution in [0.5, 0.6) is 0 Å². The van der Waals surface area contributed by atoms with Crippen LogP contribution < -0.4 is 4.72 Å². The van der Waals surface area contributed by atoms with Crippen LogP contribution in [0.25, 0.3) is 0 Å². The van der Waals surface area contributed by atoms with Crippen molar-refractivity contribution in [1.29, 1.82) is 0 Å². The minimum absolute atomic E-state index is 0.0410. The summed E-state index contributed by atoms with van der Waals surface area (Å²) in [4.78, 5) is 3.76. The van der Waals surface area contributed by atoms with Crippen molar-refractivity contribution in [2.24, 2.45) is 0 Å². The van der Waals surface area contributed by atoms with Crippen molar-refractivity contribution in [2.75, 3.05) is 6.26 Å². The maximum atomic E-state index is 12.1. The minimum atomic E-state index is -3.45. The van der Waals surface area contributed by atoms with Crippen molar-refractivity contribution in [3.8, 4) is 0 Å². The van der Waals surface area contributed by atoms with E-state index in [-0.39, 0.29) is 14.7 Å². The molecule has 1 heterocycles. The van der Waals surface area contributed by atoms with Crippen molar-refractivity contribution >= 4 is 44.7 Å². The quantitative estimate of drug-likeness (QED) is 0.924. The van der Waals surface area contributed by atoms with Gasteiger partial charge in [0, 0.05) is 11.3 Å². The second-order valence-corrected chi connectivity index (χ2v) is 8.95. The van der Waals surface area contributed by atoms with Crippen molar-refractivity contribution in [1.82, 2.24) is 9.71 Å². The van der Waals surface area contributed by atoms with E-state index in [1.807, 2.05) is 11.8 Å². The number of sulfonamides is 1. The number of thioether (sulfide) groups is 1. The summed E-state index contributed by atoms with van der Waals surface area (Å²) < 4.78 is 27.3. The first-order valence-electron chi connectivity index (χ1n) is 5.67. The van der Waals surface area contributed by atoms with E-state index in [2.05, 4.69) is 16.0 Å². The Balaban J connectivity index is 1.97. The van der Waals surface area contributed by atoms with E-state index < -0.39 is 10.0 Å². The number of nitrogens with one attached hydrogen (secondary N) is 1. The lowest BCUT2D eigenvalue weighted by atomic mass is 9.96. The van der Waals surface area contributed by atoms with Crippen molar-refractivity contribution in [3.05, 3.63) is 10.7 Å². The van der Waals surface area contributed by atoms with E-state index in [9.17, 15) is 8.42 Å². The number of nitrogens with zero attached hydrogens (tertiary/aromatic N) is 1. The fourth-order valence-corrected chi connectivity index (χ4v) is 5.42. The Kier molecular flexibility index (Phi) is 4.93. The highest BCUT2D eigenvalue weighted by molar-refractivity contribution is 7.99. The van der Waals surface area contributed by atoms with Crippen LogP contribution in [0.3, 0.4) is 0 Å². The first kappa shape index (κ1) is 14.6. The molecule has 1 aliphatic carbocycles. The second-order valence-electron chi connectivity index (χ2n) is 4.26. The molecular weight excluding hydrogens is 312 g/mol. The molecule has 1 saturated carbocycles. The van der Waals surface area contributed by atoms with Gasteiger partial charge in [-0.25, -0.2) is 18.1 Å². The molecule has 0 saturated heterocycles. The summed E-state index contributed by atoms with van der Waals surface area (Å²) in [5.41, 5.74) is 0. The number of aromatic nitrogens is 1. The lowest BCUT2D eigenvalue weighted by molar-refractivity contribution is 0.420. The van der Waals surface area contributed by atoms with Crippen LogP contribution in [-0.4, -0.2) is 30.9 Å². The van der Waals surface area contributed by atoms with E-state index in [0.717, 1.165) is 37.0 Å². The molecule has 0 aliphatic heterocycles. The normalized spacial score (nSPS) is 25.2. The first-order valence-corrected chi connectivity index (χ1v) is 9.64. The predicted molar refractivity (Wildman–Crippen MR) is 77.0 cm³/mol. The summed E-state index contributed by atoms with van der Waals surface area (Å²) in [6.45, 7) is 0. The highest BCUT2D eigenvalue weighted by atomic mass is 35.5. The van der Waals surface area contributed by atoms with Crippen LogP contribution in [0.15, 0.2) is 10.4 Å². The van der Waals surface area contributed by atoms with E-state index in [4.69, 9.17) is 11.6 Å². The van der Waals surface area contributed by atoms with Crippen molar-refractivity contribution in [2.45, 2.75) is 41.2 Å². The van der Waals surface area contributed by atoms with E-state index in [1.165, 1.54) is 6.20 Å². The van der Waals surface area contributed by atoms with Crippen LogP contribution in [0, 0.1) is 0 Å². The minimum Gasteiger partial charge on any atom is -0.232 e. The number of halogens is 1. The molecule has 102 valence electrons. The molecule has 0 radical (unpaired) electrons. The topological polar surface area (TPSA) is 59.1 Å². The molecule has 1 N–H and O–H groups in total. The van der Waals surface area contributed by atoms with Gasteiger partial charge in [0.15, 0.2) is 8.68 Å². The van der Waals surface area contributed by atoms with E-state index in [1.54, 1.807) is 0 Å². The highest BCUT2D eigenvalue weighted by Crippen LogP contribution is 2.28. The third-order valence-electron chi connectivity index (χ3n) is 3.05. The number of thiazole rings is 1. The Bertz CT molecular complexity index is 495. The fourth-order valence-electron chi connectivity index (χ4n) is 2.06. The standard InChI is InChI=1S/C10H15ClN2O2S3/c1-16-8-4-2-7(3-5-8)13-18(14,15)9-6-12-10(11)17-9/h6-8,13H,2-5H2,1H3. The molecule has 1 aliphatic rings. The molecule has 1 aromatic heterocycles. The lowest BCUT2D eigenvalue weighted by Gasteiger charge is -2.27. The predicted octanol–water partition coefficient (Wildman–Crippen LogP) is 2.75. The average Bonchev–Trinajstić information content (AvgIpc) is 2.77. The third-order valence-corrected chi connectivity index (χ3v) is 7.29. The zero-order valence-corrected chi connectivity index (χ0v) is 13.1. The summed E-state index contributed by atoms with van der Waals surface area (Å²) in [6, 6.07) is 0.0410. The molecule has 0 spiro atoms. The molecule has 0 aromatic carbocycles. The molecule has 2 rings (SSSR count). The Morgan fingerprint density at radius 3 is 2.61 bits per heavy atom. The number of hydrogen-bond donors (Lipinski definition) is 1. The molecule has 0 amide bonds. The highest BCUT2D eigenvalue weighted by Gasteiger charge is 2.26. The van der Waals surface area contributed by atoms with Crippen LogP contribution in [-0.2, 0) is 10.0 Å². The molecule has 4 nitrogen and oxygen atoms in total. The van der Waals surface area contributed by atoms with Gasteiger partial charge in [0.05, 0.1) is 6.20 Å². The van der Waals surface area contributed by atoms with Gasteiger partial charge in [-0.1, -0.05) is 22.9 Å². The first-order chi connectivity index (χ1) is 8.51. The van der Waals surface area contributed by atoms with Gasteiger partial charge in [0.1, 0.15) is 0 Å². The van der Waals surface area contributed by atoms with Crippen molar-refractivity contribution in [3.63, 3.8) is 0 Å². The second kappa shape index (κ2) is 6.09. The van der Waals surface area contributed by atoms with Crippen LogP contribution in [0.1, 0.15) is 25.7 Å². The van der Waals surface area contributed by atoms with Gasteiger partial charge in [-0.3, -0.25) is 0 Å². The zero-order chi connectivity index (χ0) is 13.2. The van der Waals surface area contributed by atoms with E-state index in [0.29, 0.717) is 5.25 Å². The summed E-state index contributed by atoms with van der Waals surface area (Å²) in [7, 11) is -3.45. The lowest BCUT2D eigenvalue weighted by Crippen LogP contribution is -2.37. The Labute approximate surface area is 121 Å². The van der Waals surface area contributed by atoms with Gasteiger partial charge in [0.25, 0.3) is 10.0 Å². The molecular formula is C10H15ClN2O2S3. The zero-order valence-electron chi connectivity index (χ0n) is 9.93. The number of rotatable bonds is 4. The fraction of sp³-hybridized carbons (Fsp3) is 0.700. The maximum absolute atomic E-state index is 12.1. The largest absolute Gasteiger partial charge is 0.251 e. The van der Waals surface area contributed by atoms with Crippen LogP contribution in [0.4, 0.5) is 0 Å². The van der Waals surface area contributed by atoms with Gasteiger partial charge in [-0.15, -0.1) is 0 Å². The number of hydrogen-bond acceptors (Lipinski definition) is 5. The molecule has 0 bridgehead atoms.